The summed E-state index contributed by atoms with van der Waals surface area (Å²) in [5.74, 6) is 0. The number of benzene rings is 9. The molecule has 9 aromatic carbocycles. The van der Waals surface area contributed by atoms with Crippen molar-refractivity contribution in [1.29, 1.82) is 0 Å². The van der Waals surface area contributed by atoms with Crippen LogP contribution in [0.1, 0.15) is 0 Å². The number of hydrogen-bond acceptors (Lipinski definition) is 1. The van der Waals surface area contributed by atoms with Crippen LogP contribution in [0.15, 0.2) is 218 Å². The summed E-state index contributed by atoms with van der Waals surface area (Å²) >= 11 is 0. The molecule has 0 bridgehead atoms. The maximum atomic E-state index is 2.37. The second-order valence-electron chi connectivity index (χ2n) is 13.8. The van der Waals surface area contributed by atoms with Crippen molar-refractivity contribution < 1.29 is 0 Å². The molecule has 1 heterocycles. The van der Waals surface area contributed by atoms with Crippen LogP contribution in [0.5, 0.6) is 0 Å². The molecular weight excluding hydrogens is 653 g/mol. The van der Waals surface area contributed by atoms with Crippen LogP contribution in [0.3, 0.4) is 0 Å². The monoisotopic (exact) mass is 688 g/mol. The molecule has 2 nitrogen and oxygen atoms in total. The summed E-state index contributed by atoms with van der Waals surface area (Å²) in [6.45, 7) is 0. The maximum absolute atomic E-state index is 2.37. The van der Waals surface area contributed by atoms with Crippen LogP contribution in [-0.2, 0) is 0 Å². The first-order valence-electron chi connectivity index (χ1n) is 18.5. The van der Waals surface area contributed by atoms with Gasteiger partial charge in [0.25, 0.3) is 0 Å². The van der Waals surface area contributed by atoms with Crippen molar-refractivity contribution in [3.63, 3.8) is 0 Å². The Labute approximate surface area is 315 Å². The van der Waals surface area contributed by atoms with Gasteiger partial charge in [-0.25, -0.2) is 0 Å². The second-order valence-corrected chi connectivity index (χ2v) is 13.8. The average Bonchev–Trinajstić information content (AvgIpc) is 3.59. The molecule has 254 valence electrons. The third-order valence-corrected chi connectivity index (χ3v) is 10.6. The fraction of sp³-hybridized carbons (Fsp3) is 0. The van der Waals surface area contributed by atoms with Crippen molar-refractivity contribution in [1.82, 2.24) is 4.57 Å². The molecule has 0 saturated carbocycles. The lowest BCUT2D eigenvalue weighted by molar-refractivity contribution is 1.18. The number of anilines is 3. The highest BCUT2D eigenvalue weighted by molar-refractivity contribution is 6.11. The first-order chi connectivity index (χ1) is 26.8. The zero-order valence-corrected chi connectivity index (χ0v) is 29.7. The normalized spacial score (nSPS) is 11.3. The van der Waals surface area contributed by atoms with Crippen molar-refractivity contribution in [3.05, 3.63) is 218 Å². The Hall–Kier alpha value is -7.16. The van der Waals surface area contributed by atoms with E-state index in [4.69, 9.17) is 0 Å². The minimum atomic E-state index is 1.12. The zero-order valence-electron chi connectivity index (χ0n) is 29.7. The van der Waals surface area contributed by atoms with Gasteiger partial charge in [0.05, 0.1) is 16.7 Å². The molecule has 2 heteroatoms. The van der Waals surface area contributed by atoms with E-state index in [9.17, 15) is 0 Å². The van der Waals surface area contributed by atoms with Crippen LogP contribution >= 0.6 is 0 Å². The zero-order chi connectivity index (χ0) is 35.8. The molecule has 10 aromatic rings. The van der Waals surface area contributed by atoms with Crippen LogP contribution in [0.4, 0.5) is 17.1 Å². The Bertz CT molecular complexity index is 2890. The Balaban J connectivity index is 1.03. The fourth-order valence-corrected chi connectivity index (χ4v) is 8.02. The third kappa shape index (κ3) is 5.53. The number of nitrogens with zero attached hydrogens (tertiary/aromatic N) is 2. The van der Waals surface area contributed by atoms with Gasteiger partial charge in [0.2, 0.25) is 0 Å². The van der Waals surface area contributed by atoms with E-state index in [0.29, 0.717) is 0 Å². The van der Waals surface area contributed by atoms with Crippen LogP contribution < -0.4 is 4.90 Å². The Morgan fingerprint density at radius 1 is 0.296 bits per heavy atom. The number of hydrogen-bond donors (Lipinski definition) is 0. The molecule has 1 aromatic heterocycles. The molecule has 0 radical (unpaired) electrons. The SMILES string of the molecule is c1ccc(-c2ccc(N(c3ccccc3)c3ccc(-c4ccc(-c5ccc6c(c5)c5ccccc5n6-c5ccccc5)cc4)c4ccccc34)cc2)cc1. The van der Waals surface area contributed by atoms with E-state index >= 15 is 0 Å². The Kier molecular flexibility index (Phi) is 7.85. The first-order valence-corrected chi connectivity index (χ1v) is 18.5. The summed E-state index contributed by atoms with van der Waals surface area (Å²) in [5, 5.41) is 4.95. The molecule has 0 spiro atoms. The summed E-state index contributed by atoms with van der Waals surface area (Å²) in [6, 6.07) is 78.7. The Morgan fingerprint density at radius 3 is 1.54 bits per heavy atom. The molecule has 0 aliphatic heterocycles. The molecular formula is C52H36N2. The van der Waals surface area contributed by atoms with Gasteiger partial charge in [-0.2, -0.15) is 0 Å². The predicted octanol–water partition coefficient (Wildman–Crippen LogP) is 14.4. The molecule has 0 saturated heterocycles. The van der Waals surface area contributed by atoms with Crippen molar-refractivity contribution in [3.8, 4) is 39.1 Å². The highest BCUT2D eigenvalue weighted by atomic mass is 15.1. The van der Waals surface area contributed by atoms with Gasteiger partial charge in [0, 0.05) is 33.2 Å². The number of rotatable bonds is 7. The molecule has 0 N–H and O–H groups in total. The van der Waals surface area contributed by atoms with Gasteiger partial charge in [-0.3, -0.25) is 0 Å². The van der Waals surface area contributed by atoms with E-state index in [1.54, 1.807) is 0 Å². The molecule has 0 atom stereocenters. The number of aromatic nitrogens is 1. The fourth-order valence-electron chi connectivity index (χ4n) is 8.02. The first kappa shape index (κ1) is 31.6. The molecule has 0 aliphatic carbocycles. The van der Waals surface area contributed by atoms with E-state index in [2.05, 4.69) is 228 Å². The van der Waals surface area contributed by atoms with Crippen molar-refractivity contribution >= 4 is 49.6 Å². The third-order valence-electron chi connectivity index (χ3n) is 10.6. The lowest BCUT2D eigenvalue weighted by atomic mass is 9.94. The van der Waals surface area contributed by atoms with E-state index in [0.717, 1.165) is 17.1 Å². The number of fused-ring (bicyclic) bond motifs is 4. The average molecular weight is 689 g/mol. The molecule has 10 rings (SSSR count). The lowest BCUT2D eigenvalue weighted by Gasteiger charge is -2.27. The van der Waals surface area contributed by atoms with Crippen molar-refractivity contribution in [2.45, 2.75) is 0 Å². The van der Waals surface area contributed by atoms with Gasteiger partial charge in [-0.1, -0.05) is 158 Å². The standard InChI is InChI=1S/C52H36N2/c1-4-14-37(15-5-1)38-28-31-44(32-29-38)53(42-16-6-2-7-17-42)51-35-33-45(46-20-10-11-21-47(46)51)40-26-24-39(25-27-40)41-30-34-52-49(36-41)48-22-12-13-23-50(48)54(52)43-18-8-3-9-19-43/h1-36H. The summed E-state index contributed by atoms with van der Waals surface area (Å²) in [4.78, 5) is 2.37. The van der Waals surface area contributed by atoms with Crippen LogP contribution in [0.2, 0.25) is 0 Å². The van der Waals surface area contributed by atoms with E-state index in [1.165, 1.54) is 71.6 Å². The van der Waals surface area contributed by atoms with E-state index < -0.39 is 0 Å². The molecule has 0 aliphatic rings. The summed E-state index contributed by atoms with van der Waals surface area (Å²) in [6.07, 6.45) is 0. The van der Waals surface area contributed by atoms with Crippen molar-refractivity contribution in [2.75, 3.05) is 4.90 Å². The summed E-state index contributed by atoms with van der Waals surface area (Å²) in [5.41, 5.74) is 14.2. The molecule has 0 unspecified atom stereocenters. The predicted molar refractivity (Wildman–Crippen MR) is 229 cm³/mol. The largest absolute Gasteiger partial charge is 0.310 e. The highest BCUT2D eigenvalue weighted by Gasteiger charge is 2.18. The van der Waals surface area contributed by atoms with Gasteiger partial charge < -0.3 is 9.47 Å². The van der Waals surface area contributed by atoms with Gasteiger partial charge in [-0.05, 0) is 99.4 Å². The lowest BCUT2D eigenvalue weighted by Crippen LogP contribution is -2.10. The topological polar surface area (TPSA) is 8.17 Å². The van der Waals surface area contributed by atoms with Crippen LogP contribution in [0, 0.1) is 0 Å². The number of para-hydroxylation sites is 3. The second kappa shape index (κ2) is 13.4. The molecule has 54 heavy (non-hydrogen) atoms. The molecule has 0 fully saturated rings. The summed E-state index contributed by atoms with van der Waals surface area (Å²) in [7, 11) is 0. The Morgan fingerprint density at radius 2 is 0.796 bits per heavy atom. The van der Waals surface area contributed by atoms with Crippen LogP contribution in [0.25, 0.3) is 71.6 Å². The van der Waals surface area contributed by atoms with Crippen LogP contribution in [-0.4, -0.2) is 4.57 Å². The minimum absolute atomic E-state index is 1.12. The highest BCUT2D eigenvalue weighted by Crippen LogP contribution is 2.43. The van der Waals surface area contributed by atoms with Crippen molar-refractivity contribution in [2.24, 2.45) is 0 Å². The van der Waals surface area contributed by atoms with Gasteiger partial charge in [0.1, 0.15) is 0 Å². The van der Waals surface area contributed by atoms with Gasteiger partial charge in [0.15, 0.2) is 0 Å². The molecule has 0 amide bonds. The summed E-state index contributed by atoms with van der Waals surface area (Å²) < 4.78 is 2.37. The van der Waals surface area contributed by atoms with Gasteiger partial charge >= 0.3 is 0 Å². The van der Waals surface area contributed by atoms with Gasteiger partial charge in [-0.15, -0.1) is 0 Å². The van der Waals surface area contributed by atoms with E-state index in [1.807, 2.05) is 0 Å². The quantitative estimate of drug-likeness (QED) is 0.162. The smallest absolute Gasteiger partial charge is 0.0541 e. The maximum Gasteiger partial charge on any atom is 0.0541 e. The minimum Gasteiger partial charge on any atom is -0.310 e. The van der Waals surface area contributed by atoms with E-state index in [-0.39, 0.29) is 0 Å².